The van der Waals surface area contributed by atoms with Gasteiger partial charge in [0, 0.05) is 12.6 Å². The molecule has 3 nitrogen and oxygen atoms in total. The number of furan rings is 1. The van der Waals surface area contributed by atoms with Gasteiger partial charge in [-0.15, -0.1) is 0 Å². The van der Waals surface area contributed by atoms with Gasteiger partial charge in [0.05, 0.1) is 12.3 Å². The first-order valence-corrected chi connectivity index (χ1v) is 7.20. The van der Waals surface area contributed by atoms with Crippen LogP contribution in [-0.4, -0.2) is 31.6 Å². The number of hydrogen-bond acceptors (Lipinski definition) is 3. The van der Waals surface area contributed by atoms with Gasteiger partial charge in [-0.25, -0.2) is 0 Å². The number of nitrogens with zero attached hydrogens (tertiary/aromatic N) is 1. The van der Waals surface area contributed by atoms with Crippen molar-refractivity contribution in [3.63, 3.8) is 0 Å². The topological polar surface area (TPSA) is 28.4 Å². The van der Waals surface area contributed by atoms with Crippen LogP contribution in [0.4, 0.5) is 0 Å². The van der Waals surface area contributed by atoms with Crippen molar-refractivity contribution in [3.05, 3.63) is 24.2 Å². The van der Waals surface area contributed by atoms with E-state index >= 15 is 0 Å². The predicted octanol–water partition coefficient (Wildman–Crippen LogP) is 3.19. The van der Waals surface area contributed by atoms with Crippen LogP contribution in [0.25, 0.3) is 0 Å². The lowest BCUT2D eigenvalue weighted by atomic mass is 10.1. The predicted molar refractivity (Wildman–Crippen MR) is 74.6 cm³/mol. The number of nitrogens with one attached hydrogen (secondary N) is 1. The maximum atomic E-state index is 5.54. The van der Waals surface area contributed by atoms with Crippen molar-refractivity contribution < 1.29 is 4.42 Å². The molecule has 1 aromatic heterocycles. The molecule has 1 aliphatic rings. The minimum absolute atomic E-state index is 0.336. The average Bonchev–Trinajstić information content (AvgIpc) is 2.73. The Morgan fingerprint density at radius 3 is 2.56 bits per heavy atom. The summed E-state index contributed by atoms with van der Waals surface area (Å²) < 4.78 is 5.54. The number of rotatable bonds is 5. The lowest BCUT2D eigenvalue weighted by molar-refractivity contribution is 0.240. The normalized spacial score (nSPS) is 19.9. The highest BCUT2D eigenvalue weighted by molar-refractivity contribution is 5.05. The van der Waals surface area contributed by atoms with Gasteiger partial charge in [-0.1, -0.05) is 25.7 Å². The van der Waals surface area contributed by atoms with E-state index in [1.54, 1.807) is 6.26 Å². The minimum atomic E-state index is 0.336. The summed E-state index contributed by atoms with van der Waals surface area (Å²) in [6.45, 7) is 0.977. The van der Waals surface area contributed by atoms with E-state index in [2.05, 4.69) is 30.4 Å². The zero-order chi connectivity index (χ0) is 12.8. The highest BCUT2D eigenvalue weighted by Gasteiger charge is 2.19. The molecule has 1 aromatic rings. The Bertz CT molecular complexity index is 313. The second kappa shape index (κ2) is 6.95. The molecule has 0 radical (unpaired) electrons. The summed E-state index contributed by atoms with van der Waals surface area (Å²) in [5.41, 5.74) is 0. The van der Waals surface area contributed by atoms with E-state index in [0.29, 0.717) is 12.1 Å². The second-order valence-electron chi connectivity index (χ2n) is 5.59. The van der Waals surface area contributed by atoms with Crippen LogP contribution in [0.1, 0.15) is 50.3 Å². The molecule has 0 aromatic carbocycles. The maximum absolute atomic E-state index is 5.54. The van der Waals surface area contributed by atoms with Gasteiger partial charge >= 0.3 is 0 Å². The van der Waals surface area contributed by atoms with Crippen molar-refractivity contribution in [2.24, 2.45) is 0 Å². The third-order valence-electron chi connectivity index (χ3n) is 3.95. The molecule has 1 atom stereocenters. The third kappa shape index (κ3) is 3.85. The summed E-state index contributed by atoms with van der Waals surface area (Å²) in [5.74, 6) is 1.06. The van der Waals surface area contributed by atoms with Crippen LogP contribution < -0.4 is 5.32 Å². The van der Waals surface area contributed by atoms with Crippen LogP contribution in [0.15, 0.2) is 22.8 Å². The summed E-state index contributed by atoms with van der Waals surface area (Å²) in [4.78, 5) is 2.22. The molecule has 1 heterocycles. The van der Waals surface area contributed by atoms with E-state index in [4.69, 9.17) is 4.42 Å². The average molecular weight is 250 g/mol. The molecule has 0 bridgehead atoms. The van der Waals surface area contributed by atoms with Gasteiger partial charge < -0.3 is 9.73 Å². The molecule has 2 rings (SSSR count). The molecule has 102 valence electrons. The van der Waals surface area contributed by atoms with Crippen molar-refractivity contribution >= 4 is 0 Å². The Morgan fingerprint density at radius 1 is 1.28 bits per heavy atom. The fourth-order valence-corrected chi connectivity index (χ4v) is 2.78. The molecular weight excluding hydrogens is 224 g/mol. The van der Waals surface area contributed by atoms with Crippen LogP contribution in [0.3, 0.4) is 0 Å². The SMILES string of the molecule is CN(C)C(CNC1CCCCCC1)c1ccco1. The quantitative estimate of drug-likeness (QED) is 0.814. The molecule has 18 heavy (non-hydrogen) atoms. The van der Waals surface area contributed by atoms with Crippen LogP contribution in [0.5, 0.6) is 0 Å². The van der Waals surface area contributed by atoms with Gasteiger partial charge in [0.1, 0.15) is 5.76 Å². The first-order valence-electron chi connectivity index (χ1n) is 7.20. The Labute approximate surface area is 111 Å². The monoisotopic (exact) mass is 250 g/mol. The van der Waals surface area contributed by atoms with Crippen LogP contribution in [0, 0.1) is 0 Å². The van der Waals surface area contributed by atoms with Crippen LogP contribution in [-0.2, 0) is 0 Å². The fourth-order valence-electron chi connectivity index (χ4n) is 2.78. The molecular formula is C15H26N2O. The summed E-state index contributed by atoms with van der Waals surface area (Å²) in [5, 5.41) is 3.73. The Hall–Kier alpha value is -0.800. The summed E-state index contributed by atoms with van der Waals surface area (Å²) in [6, 6.07) is 5.07. The molecule has 1 saturated carbocycles. The van der Waals surface area contributed by atoms with Gasteiger partial charge in [0.15, 0.2) is 0 Å². The van der Waals surface area contributed by atoms with E-state index in [1.165, 1.54) is 38.5 Å². The number of likely N-dealkylation sites (N-methyl/N-ethyl adjacent to an activating group) is 1. The highest BCUT2D eigenvalue weighted by Crippen LogP contribution is 2.20. The van der Waals surface area contributed by atoms with Crippen LogP contribution in [0.2, 0.25) is 0 Å². The van der Waals surface area contributed by atoms with E-state index in [0.717, 1.165) is 12.3 Å². The largest absolute Gasteiger partial charge is 0.468 e. The van der Waals surface area contributed by atoms with E-state index < -0.39 is 0 Å². The third-order valence-corrected chi connectivity index (χ3v) is 3.95. The second-order valence-corrected chi connectivity index (χ2v) is 5.59. The van der Waals surface area contributed by atoms with Crippen molar-refractivity contribution in [1.82, 2.24) is 10.2 Å². The zero-order valence-corrected chi connectivity index (χ0v) is 11.7. The molecule has 1 fully saturated rings. The molecule has 0 saturated heterocycles. The van der Waals surface area contributed by atoms with Crippen molar-refractivity contribution in [2.75, 3.05) is 20.6 Å². The van der Waals surface area contributed by atoms with Gasteiger partial charge in [-0.05, 0) is 39.1 Å². The maximum Gasteiger partial charge on any atom is 0.122 e. The van der Waals surface area contributed by atoms with E-state index in [-0.39, 0.29) is 0 Å². The first-order chi connectivity index (χ1) is 8.77. The standard InChI is InChI=1S/C15H26N2O/c1-17(2)14(15-10-7-11-18-15)12-16-13-8-5-3-4-6-9-13/h7,10-11,13-14,16H,3-6,8-9,12H2,1-2H3. The smallest absolute Gasteiger partial charge is 0.122 e. The molecule has 1 aliphatic carbocycles. The molecule has 3 heteroatoms. The van der Waals surface area contributed by atoms with Crippen molar-refractivity contribution in [3.8, 4) is 0 Å². The fraction of sp³-hybridized carbons (Fsp3) is 0.733. The molecule has 1 N–H and O–H groups in total. The minimum Gasteiger partial charge on any atom is -0.468 e. The summed E-state index contributed by atoms with van der Waals surface area (Å²) >= 11 is 0. The van der Waals surface area contributed by atoms with Crippen molar-refractivity contribution in [2.45, 2.75) is 50.6 Å². The zero-order valence-electron chi connectivity index (χ0n) is 11.7. The Kier molecular flexibility index (Phi) is 5.26. The van der Waals surface area contributed by atoms with E-state index in [1.807, 2.05) is 6.07 Å². The van der Waals surface area contributed by atoms with E-state index in [9.17, 15) is 0 Å². The van der Waals surface area contributed by atoms with Crippen LogP contribution >= 0.6 is 0 Å². The summed E-state index contributed by atoms with van der Waals surface area (Å²) in [6.07, 6.45) is 10.0. The lowest BCUT2D eigenvalue weighted by Gasteiger charge is -2.25. The molecule has 0 amide bonds. The summed E-state index contributed by atoms with van der Waals surface area (Å²) in [7, 11) is 4.23. The van der Waals surface area contributed by atoms with Gasteiger partial charge in [0.2, 0.25) is 0 Å². The number of hydrogen-bond donors (Lipinski definition) is 1. The Morgan fingerprint density at radius 2 is 2.00 bits per heavy atom. The van der Waals surface area contributed by atoms with Gasteiger partial charge in [0.25, 0.3) is 0 Å². The first kappa shape index (κ1) is 13.6. The lowest BCUT2D eigenvalue weighted by Crippen LogP contribution is -2.36. The molecule has 0 spiro atoms. The van der Waals surface area contributed by atoms with Crippen molar-refractivity contribution in [1.29, 1.82) is 0 Å². The molecule has 1 unspecified atom stereocenters. The molecule has 0 aliphatic heterocycles. The van der Waals surface area contributed by atoms with Gasteiger partial charge in [-0.2, -0.15) is 0 Å². The highest BCUT2D eigenvalue weighted by atomic mass is 16.3. The Balaban J connectivity index is 1.85. The van der Waals surface area contributed by atoms with Gasteiger partial charge in [-0.3, -0.25) is 4.90 Å².